The third kappa shape index (κ3) is 3.63. The van der Waals surface area contributed by atoms with E-state index in [1.807, 2.05) is 36.5 Å². The number of carbonyl (C=O) groups is 1. The molecule has 3 aromatic carbocycles. The SMILES string of the molecule is O=C(/C(O)=C/c1cccc(C(O)CC2c3ccccc3-c3cncn32)c1)c1ccccc1. The molecule has 0 aliphatic carbocycles. The number of rotatable bonds is 6. The van der Waals surface area contributed by atoms with E-state index in [0.29, 0.717) is 17.5 Å². The molecule has 5 rings (SSSR count). The zero-order chi connectivity index (χ0) is 22.1. The molecular formula is C27H22N2O3. The van der Waals surface area contributed by atoms with E-state index in [-0.39, 0.29) is 11.8 Å². The van der Waals surface area contributed by atoms with Crippen molar-refractivity contribution in [2.75, 3.05) is 0 Å². The Morgan fingerprint density at radius 3 is 2.66 bits per heavy atom. The molecule has 1 aromatic heterocycles. The number of hydrogen-bond donors (Lipinski definition) is 2. The van der Waals surface area contributed by atoms with Gasteiger partial charge in [-0.25, -0.2) is 4.98 Å². The van der Waals surface area contributed by atoms with Crippen LogP contribution in [0.15, 0.2) is 97.1 Å². The molecule has 5 nitrogen and oxygen atoms in total. The maximum atomic E-state index is 12.4. The summed E-state index contributed by atoms with van der Waals surface area (Å²) in [4.78, 5) is 16.7. The number of imidazole rings is 1. The predicted octanol–water partition coefficient (Wildman–Crippen LogP) is 5.36. The summed E-state index contributed by atoms with van der Waals surface area (Å²) in [5.41, 5.74) is 5.17. The molecule has 2 N–H and O–H groups in total. The van der Waals surface area contributed by atoms with Gasteiger partial charge in [-0.1, -0.05) is 72.8 Å². The largest absolute Gasteiger partial charge is 0.504 e. The lowest BCUT2D eigenvalue weighted by Crippen LogP contribution is -2.10. The summed E-state index contributed by atoms with van der Waals surface area (Å²) in [6, 6.07) is 24.1. The Morgan fingerprint density at radius 2 is 1.81 bits per heavy atom. The minimum absolute atomic E-state index is 0.00837. The van der Waals surface area contributed by atoms with Crippen LogP contribution in [0.5, 0.6) is 0 Å². The van der Waals surface area contributed by atoms with Gasteiger partial charge < -0.3 is 14.8 Å². The molecule has 2 heterocycles. The highest BCUT2D eigenvalue weighted by Gasteiger charge is 2.30. The van der Waals surface area contributed by atoms with Crippen LogP contribution in [-0.2, 0) is 0 Å². The van der Waals surface area contributed by atoms with E-state index in [4.69, 9.17) is 0 Å². The lowest BCUT2D eigenvalue weighted by atomic mass is 9.95. The fourth-order valence-corrected chi connectivity index (χ4v) is 4.34. The predicted molar refractivity (Wildman–Crippen MR) is 123 cm³/mol. The lowest BCUT2D eigenvalue weighted by molar-refractivity contribution is 0.0980. The summed E-state index contributed by atoms with van der Waals surface area (Å²) in [5, 5.41) is 21.3. The van der Waals surface area contributed by atoms with Crippen LogP contribution in [0, 0.1) is 0 Å². The van der Waals surface area contributed by atoms with Gasteiger partial charge >= 0.3 is 0 Å². The molecule has 1 aliphatic heterocycles. The van der Waals surface area contributed by atoms with Crippen molar-refractivity contribution in [1.82, 2.24) is 9.55 Å². The first-order valence-electron chi connectivity index (χ1n) is 10.5. The van der Waals surface area contributed by atoms with Gasteiger partial charge in [-0.3, -0.25) is 4.79 Å². The Bertz CT molecular complexity index is 1310. The number of nitrogens with zero attached hydrogens (tertiary/aromatic N) is 2. The molecular weight excluding hydrogens is 400 g/mol. The van der Waals surface area contributed by atoms with E-state index >= 15 is 0 Å². The molecule has 0 spiro atoms. The van der Waals surface area contributed by atoms with E-state index in [2.05, 4.69) is 21.7 Å². The van der Waals surface area contributed by atoms with Gasteiger partial charge in [-0.05, 0) is 28.8 Å². The highest BCUT2D eigenvalue weighted by atomic mass is 16.3. The number of aliphatic hydroxyl groups excluding tert-OH is 2. The monoisotopic (exact) mass is 422 g/mol. The number of allylic oxidation sites excluding steroid dienone is 1. The fraction of sp³-hybridized carbons (Fsp3) is 0.111. The Labute approximate surface area is 185 Å². The first kappa shape index (κ1) is 20.0. The molecule has 2 atom stereocenters. The average molecular weight is 422 g/mol. The van der Waals surface area contributed by atoms with E-state index in [1.54, 1.807) is 42.7 Å². The molecule has 1 aliphatic rings. The summed E-state index contributed by atoms with van der Waals surface area (Å²) in [7, 11) is 0. The van der Waals surface area contributed by atoms with Crippen molar-refractivity contribution in [2.24, 2.45) is 0 Å². The van der Waals surface area contributed by atoms with Crippen LogP contribution in [0.25, 0.3) is 17.3 Å². The summed E-state index contributed by atoms with van der Waals surface area (Å²) in [5.74, 6) is -0.776. The van der Waals surface area contributed by atoms with Crippen molar-refractivity contribution in [2.45, 2.75) is 18.6 Å². The van der Waals surface area contributed by atoms with Crippen molar-refractivity contribution in [3.8, 4) is 11.3 Å². The Hall–Kier alpha value is -3.96. The average Bonchev–Trinajstić information content (AvgIpc) is 3.42. The van der Waals surface area contributed by atoms with E-state index < -0.39 is 11.9 Å². The lowest BCUT2D eigenvalue weighted by Gasteiger charge is -2.19. The minimum Gasteiger partial charge on any atom is -0.504 e. The van der Waals surface area contributed by atoms with Crippen LogP contribution < -0.4 is 0 Å². The van der Waals surface area contributed by atoms with Crippen LogP contribution in [0.4, 0.5) is 0 Å². The summed E-state index contributed by atoms with van der Waals surface area (Å²) in [6.45, 7) is 0. The smallest absolute Gasteiger partial charge is 0.227 e. The summed E-state index contributed by atoms with van der Waals surface area (Å²) >= 11 is 0. The Balaban J connectivity index is 1.38. The third-order valence-electron chi connectivity index (χ3n) is 5.91. The van der Waals surface area contributed by atoms with Gasteiger partial charge in [0.25, 0.3) is 0 Å². The first-order valence-corrected chi connectivity index (χ1v) is 10.5. The van der Waals surface area contributed by atoms with Gasteiger partial charge in [0.05, 0.1) is 30.4 Å². The molecule has 2 unspecified atom stereocenters. The molecule has 158 valence electrons. The van der Waals surface area contributed by atoms with Crippen LogP contribution >= 0.6 is 0 Å². The number of Topliss-reactive ketones (excluding diaryl/α,β-unsaturated/α-hetero) is 1. The Morgan fingerprint density at radius 1 is 1.03 bits per heavy atom. The molecule has 0 fully saturated rings. The van der Waals surface area contributed by atoms with Gasteiger partial charge in [0.2, 0.25) is 5.78 Å². The zero-order valence-corrected chi connectivity index (χ0v) is 17.3. The van der Waals surface area contributed by atoms with Crippen LogP contribution in [0.1, 0.15) is 45.6 Å². The fourth-order valence-electron chi connectivity index (χ4n) is 4.34. The maximum Gasteiger partial charge on any atom is 0.227 e. The topological polar surface area (TPSA) is 75.3 Å². The zero-order valence-electron chi connectivity index (χ0n) is 17.3. The molecule has 32 heavy (non-hydrogen) atoms. The van der Waals surface area contributed by atoms with Gasteiger partial charge in [0, 0.05) is 17.5 Å². The van der Waals surface area contributed by atoms with Crippen LogP contribution in [0.2, 0.25) is 0 Å². The van der Waals surface area contributed by atoms with Gasteiger partial charge in [-0.2, -0.15) is 0 Å². The standard InChI is InChI=1S/C27H22N2O3/c30-25(15-23-21-11-4-5-12-22(21)24-16-28-17-29(23)24)20-10-6-7-18(13-20)14-26(31)27(32)19-8-2-1-3-9-19/h1-14,16-17,23,25,30-31H,15H2/b26-14-. The number of hydrogen-bond acceptors (Lipinski definition) is 4. The molecule has 5 heteroatoms. The first-order chi connectivity index (χ1) is 15.6. The number of aromatic nitrogens is 2. The number of carbonyl (C=O) groups excluding carboxylic acids is 1. The number of ketones is 1. The Kier molecular flexibility index (Phi) is 5.17. The van der Waals surface area contributed by atoms with Crippen LogP contribution in [0.3, 0.4) is 0 Å². The number of fused-ring (bicyclic) bond motifs is 3. The van der Waals surface area contributed by atoms with Crippen molar-refractivity contribution in [3.05, 3.63) is 119 Å². The normalized spacial score (nSPS) is 15.8. The van der Waals surface area contributed by atoms with Gasteiger partial charge in [-0.15, -0.1) is 0 Å². The van der Waals surface area contributed by atoms with Gasteiger partial charge in [0.15, 0.2) is 5.76 Å². The third-order valence-corrected chi connectivity index (χ3v) is 5.91. The van der Waals surface area contributed by atoms with Crippen molar-refractivity contribution in [3.63, 3.8) is 0 Å². The summed E-state index contributed by atoms with van der Waals surface area (Å²) in [6.07, 6.45) is 4.86. The second-order valence-corrected chi connectivity index (χ2v) is 7.94. The number of aliphatic hydroxyl groups is 2. The highest BCUT2D eigenvalue weighted by molar-refractivity contribution is 6.09. The van der Waals surface area contributed by atoms with E-state index in [9.17, 15) is 15.0 Å². The quantitative estimate of drug-likeness (QED) is 0.249. The van der Waals surface area contributed by atoms with E-state index in [0.717, 1.165) is 16.8 Å². The number of benzene rings is 3. The molecule has 4 aromatic rings. The maximum absolute atomic E-state index is 12.4. The molecule has 0 saturated heterocycles. The molecule has 0 radical (unpaired) electrons. The van der Waals surface area contributed by atoms with E-state index in [1.165, 1.54) is 11.6 Å². The molecule has 0 saturated carbocycles. The second kappa shape index (κ2) is 8.29. The van der Waals surface area contributed by atoms with Crippen molar-refractivity contribution < 1.29 is 15.0 Å². The summed E-state index contributed by atoms with van der Waals surface area (Å²) < 4.78 is 2.10. The van der Waals surface area contributed by atoms with Crippen molar-refractivity contribution in [1.29, 1.82) is 0 Å². The van der Waals surface area contributed by atoms with Crippen LogP contribution in [-0.4, -0.2) is 25.5 Å². The second-order valence-electron chi connectivity index (χ2n) is 7.94. The minimum atomic E-state index is -0.721. The highest BCUT2D eigenvalue weighted by Crippen LogP contribution is 2.42. The van der Waals surface area contributed by atoms with Crippen molar-refractivity contribution >= 4 is 11.9 Å². The van der Waals surface area contributed by atoms with Gasteiger partial charge in [0.1, 0.15) is 0 Å². The molecule has 0 bridgehead atoms. The molecule has 0 amide bonds.